The van der Waals surface area contributed by atoms with Crippen molar-refractivity contribution in [2.45, 2.75) is 69.9 Å². The molecule has 184 valence electrons. The molecule has 2 saturated heterocycles. The predicted octanol–water partition coefficient (Wildman–Crippen LogP) is 3.33. The van der Waals surface area contributed by atoms with Gasteiger partial charge in [0.15, 0.2) is 0 Å². The summed E-state index contributed by atoms with van der Waals surface area (Å²) in [7, 11) is 0. The van der Waals surface area contributed by atoms with Crippen molar-refractivity contribution in [3.8, 4) is 6.07 Å². The average molecular weight is 480 g/mol. The smallest absolute Gasteiger partial charge is 0.416 e. The van der Waals surface area contributed by atoms with E-state index < -0.39 is 47.5 Å². The standard InChI is InChI=1S/C23H27F3N4O4/c1-22(2,3)34-21(33)30-13-16(11-18(30)20(32)29-10-4-5-17(29)12-27)28-19(31)14-6-8-15(9-7-14)23(24,25)26/h6-9,16-18H,4-5,10-11,13H2,1-3H3,(H,28,31)/t16-,17?,18-/m0/s1. The molecule has 2 heterocycles. The van der Waals surface area contributed by atoms with Crippen LogP contribution in [0.1, 0.15) is 56.0 Å². The minimum atomic E-state index is -4.52. The number of likely N-dealkylation sites (tertiary alicyclic amines) is 2. The molecule has 0 aliphatic carbocycles. The van der Waals surface area contributed by atoms with Gasteiger partial charge in [0, 0.05) is 24.7 Å². The number of benzene rings is 1. The number of amides is 3. The summed E-state index contributed by atoms with van der Waals surface area (Å²) in [6, 6.07) is 3.75. The average Bonchev–Trinajstić information content (AvgIpc) is 3.38. The number of ether oxygens (including phenoxy) is 1. The summed E-state index contributed by atoms with van der Waals surface area (Å²) in [5.41, 5.74) is -1.66. The first-order valence-corrected chi connectivity index (χ1v) is 11.0. The van der Waals surface area contributed by atoms with E-state index in [9.17, 15) is 32.8 Å². The summed E-state index contributed by atoms with van der Waals surface area (Å²) in [5.74, 6) is -1.01. The molecule has 1 N–H and O–H groups in total. The van der Waals surface area contributed by atoms with Crippen LogP contribution >= 0.6 is 0 Å². The van der Waals surface area contributed by atoms with E-state index in [1.807, 2.05) is 0 Å². The quantitative estimate of drug-likeness (QED) is 0.715. The van der Waals surface area contributed by atoms with Gasteiger partial charge in [0.1, 0.15) is 17.7 Å². The third kappa shape index (κ3) is 5.79. The highest BCUT2D eigenvalue weighted by atomic mass is 19.4. The number of hydrogen-bond acceptors (Lipinski definition) is 5. The van der Waals surface area contributed by atoms with Crippen molar-refractivity contribution >= 4 is 17.9 Å². The summed E-state index contributed by atoms with van der Waals surface area (Å²) in [5, 5.41) is 12.0. The molecule has 11 heteroatoms. The monoisotopic (exact) mass is 480 g/mol. The van der Waals surface area contributed by atoms with Crippen LogP contribution in [-0.4, -0.2) is 64.5 Å². The van der Waals surface area contributed by atoms with Gasteiger partial charge in [0.05, 0.1) is 11.6 Å². The van der Waals surface area contributed by atoms with Gasteiger partial charge in [-0.15, -0.1) is 0 Å². The highest BCUT2D eigenvalue weighted by molar-refractivity contribution is 5.95. The molecule has 3 atom stereocenters. The first-order chi connectivity index (χ1) is 15.8. The van der Waals surface area contributed by atoms with Crippen molar-refractivity contribution in [1.29, 1.82) is 5.26 Å². The molecular weight excluding hydrogens is 453 g/mol. The minimum Gasteiger partial charge on any atom is -0.444 e. The van der Waals surface area contributed by atoms with Crippen molar-refractivity contribution in [2.24, 2.45) is 0 Å². The summed E-state index contributed by atoms with van der Waals surface area (Å²) in [6.45, 7) is 5.45. The van der Waals surface area contributed by atoms with Crippen LogP contribution in [0.3, 0.4) is 0 Å². The first kappa shape index (κ1) is 25.3. The van der Waals surface area contributed by atoms with Crippen LogP contribution in [0.5, 0.6) is 0 Å². The van der Waals surface area contributed by atoms with Gasteiger partial charge >= 0.3 is 12.3 Å². The highest BCUT2D eigenvalue weighted by Crippen LogP contribution is 2.30. The molecule has 1 unspecified atom stereocenters. The van der Waals surface area contributed by atoms with Crippen LogP contribution in [0, 0.1) is 11.3 Å². The molecule has 0 radical (unpaired) electrons. The van der Waals surface area contributed by atoms with Crippen LogP contribution in [0.4, 0.5) is 18.0 Å². The molecule has 1 aromatic rings. The first-order valence-electron chi connectivity index (χ1n) is 11.0. The van der Waals surface area contributed by atoms with Gasteiger partial charge in [-0.3, -0.25) is 14.5 Å². The fourth-order valence-electron chi connectivity index (χ4n) is 4.13. The second kappa shape index (κ2) is 9.52. The lowest BCUT2D eigenvalue weighted by Crippen LogP contribution is -2.50. The Bertz CT molecular complexity index is 982. The molecule has 0 aromatic heterocycles. The van der Waals surface area contributed by atoms with Gasteiger partial charge < -0.3 is 15.0 Å². The molecule has 2 aliphatic rings. The summed E-state index contributed by atoms with van der Waals surface area (Å²) < 4.78 is 43.8. The van der Waals surface area contributed by atoms with Crippen LogP contribution in [-0.2, 0) is 15.7 Å². The lowest BCUT2D eigenvalue weighted by Gasteiger charge is -2.30. The van der Waals surface area contributed by atoms with Crippen molar-refractivity contribution in [3.05, 3.63) is 35.4 Å². The Balaban J connectivity index is 1.76. The van der Waals surface area contributed by atoms with E-state index in [0.29, 0.717) is 19.4 Å². The van der Waals surface area contributed by atoms with E-state index in [4.69, 9.17) is 4.74 Å². The SMILES string of the molecule is CC(C)(C)OC(=O)N1C[C@@H](NC(=O)c2ccc(C(F)(F)F)cc2)C[C@H]1C(=O)N1CCCC1C#N. The minimum absolute atomic E-state index is 0.0112. The van der Waals surface area contributed by atoms with Crippen molar-refractivity contribution in [3.63, 3.8) is 0 Å². The Morgan fingerprint density at radius 3 is 2.32 bits per heavy atom. The van der Waals surface area contributed by atoms with E-state index in [1.54, 1.807) is 20.8 Å². The van der Waals surface area contributed by atoms with Gasteiger partial charge in [0.25, 0.3) is 5.91 Å². The number of hydrogen-bond donors (Lipinski definition) is 1. The van der Waals surface area contributed by atoms with Gasteiger partial charge in [-0.25, -0.2) is 4.79 Å². The Hall–Kier alpha value is -3.29. The van der Waals surface area contributed by atoms with Crippen molar-refractivity contribution < 1.29 is 32.3 Å². The summed E-state index contributed by atoms with van der Waals surface area (Å²) >= 11 is 0. The predicted molar refractivity (Wildman–Crippen MR) is 114 cm³/mol. The summed E-state index contributed by atoms with van der Waals surface area (Å²) in [4.78, 5) is 41.4. The number of nitrogens with one attached hydrogen (secondary N) is 1. The van der Waals surface area contributed by atoms with E-state index in [0.717, 1.165) is 24.3 Å². The molecule has 3 amide bonds. The number of nitriles is 1. The Morgan fingerprint density at radius 1 is 1.12 bits per heavy atom. The second-order valence-corrected chi connectivity index (χ2v) is 9.45. The fourth-order valence-corrected chi connectivity index (χ4v) is 4.13. The molecule has 2 fully saturated rings. The lowest BCUT2D eigenvalue weighted by molar-refractivity contribution is -0.137. The lowest BCUT2D eigenvalue weighted by atomic mass is 10.1. The molecule has 2 aliphatic heterocycles. The third-order valence-corrected chi connectivity index (χ3v) is 5.71. The third-order valence-electron chi connectivity index (χ3n) is 5.71. The number of alkyl halides is 3. The van der Waals surface area contributed by atoms with Crippen LogP contribution in [0.15, 0.2) is 24.3 Å². The maximum Gasteiger partial charge on any atom is 0.416 e. The summed E-state index contributed by atoms with van der Waals surface area (Å²) in [6.07, 6.45) is -3.91. The van der Waals surface area contributed by atoms with E-state index >= 15 is 0 Å². The molecule has 0 saturated carbocycles. The molecule has 34 heavy (non-hydrogen) atoms. The largest absolute Gasteiger partial charge is 0.444 e. The zero-order valence-corrected chi connectivity index (χ0v) is 19.2. The Kier molecular flexibility index (Phi) is 7.10. The number of carbonyl (C=O) groups excluding carboxylic acids is 3. The Morgan fingerprint density at radius 2 is 1.76 bits per heavy atom. The molecule has 1 aromatic carbocycles. The van der Waals surface area contributed by atoms with Crippen molar-refractivity contribution in [2.75, 3.05) is 13.1 Å². The topological polar surface area (TPSA) is 103 Å². The molecule has 3 rings (SSSR count). The van der Waals surface area contributed by atoms with Gasteiger partial charge in [0.2, 0.25) is 5.91 Å². The second-order valence-electron chi connectivity index (χ2n) is 9.45. The molecular formula is C23H27F3N4O4. The van der Waals surface area contributed by atoms with Gasteiger partial charge in [-0.1, -0.05) is 0 Å². The van der Waals surface area contributed by atoms with Crippen LogP contribution in [0.25, 0.3) is 0 Å². The Labute approximate surface area is 195 Å². The fraction of sp³-hybridized carbons (Fsp3) is 0.565. The van der Waals surface area contributed by atoms with Crippen LogP contribution in [0.2, 0.25) is 0 Å². The van der Waals surface area contributed by atoms with E-state index in [2.05, 4.69) is 11.4 Å². The van der Waals surface area contributed by atoms with Gasteiger partial charge in [-0.2, -0.15) is 18.4 Å². The number of rotatable bonds is 3. The maximum absolute atomic E-state index is 13.2. The molecule has 8 nitrogen and oxygen atoms in total. The van der Waals surface area contributed by atoms with Crippen LogP contribution < -0.4 is 5.32 Å². The van der Waals surface area contributed by atoms with E-state index in [1.165, 1.54) is 9.80 Å². The number of halogens is 3. The van der Waals surface area contributed by atoms with Gasteiger partial charge in [-0.05, 0) is 64.3 Å². The van der Waals surface area contributed by atoms with E-state index in [-0.39, 0.29) is 24.4 Å². The highest BCUT2D eigenvalue weighted by Gasteiger charge is 2.45. The molecule has 0 spiro atoms. The zero-order valence-electron chi connectivity index (χ0n) is 19.2. The normalized spacial score (nSPS) is 22.9. The maximum atomic E-state index is 13.2. The molecule has 0 bridgehead atoms. The zero-order chi connectivity index (χ0) is 25.3. The number of nitrogens with zero attached hydrogens (tertiary/aromatic N) is 3. The number of carbonyl (C=O) groups is 3. The van der Waals surface area contributed by atoms with Crippen molar-refractivity contribution in [1.82, 2.24) is 15.1 Å².